The number of anilines is 1. The number of nitrogens with one attached hydrogen (secondary N) is 1. The van der Waals surface area contributed by atoms with Crippen LogP contribution in [0, 0.1) is 11.3 Å². The van der Waals surface area contributed by atoms with Gasteiger partial charge in [0.2, 0.25) is 0 Å². The fraction of sp³-hybridized carbons (Fsp3) is 0.357. The van der Waals surface area contributed by atoms with Crippen LogP contribution in [-0.4, -0.2) is 43.4 Å². The standard InChI is InChI=1S/C28H26Cl2N4O/c29-21-11-19(12-22(30)13-21)24-15-32-14-23(18-1-3-20(4-2-18)28(17-31)6-7-28)27(24)34-9-5-25-26(16-34)35-10-8-33-25/h1-4,11-15,25-26,33H,5-10,16H2/t25-,26-/m0/s1. The van der Waals surface area contributed by atoms with Crippen LogP contribution in [0.4, 0.5) is 5.69 Å². The maximum atomic E-state index is 9.61. The van der Waals surface area contributed by atoms with E-state index in [1.54, 1.807) is 6.07 Å². The summed E-state index contributed by atoms with van der Waals surface area (Å²) in [5.41, 5.74) is 5.97. The fourth-order valence-corrected chi connectivity index (χ4v) is 5.99. The van der Waals surface area contributed by atoms with Crippen LogP contribution < -0.4 is 10.2 Å². The molecule has 1 aliphatic carbocycles. The molecule has 0 unspecified atom stereocenters. The Morgan fingerprint density at radius 1 is 1.03 bits per heavy atom. The summed E-state index contributed by atoms with van der Waals surface area (Å²) in [6, 6.07) is 16.9. The molecule has 1 N–H and O–H groups in total. The van der Waals surface area contributed by atoms with E-state index in [0.29, 0.717) is 16.1 Å². The molecule has 0 radical (unpaired) electrons. The first-order valence-electron chi connectivity index (χ1n) is 12.1. The molecule has 35 heavy (non-hydrogen) atoms. The van der Waals surface area contributed by atoms with Crippen molar-refractivity contribution in [3.8, 4) is 28.3 Å². The highest BCUT2D eigenvalue weighted by Crippen LogP contribution is 2.48. The van der Waals surface area contributed by atoms with Gasteiger partial charge in [-0.2, -0.15) is 5.26 Å². The van der Waals surface area contributed by atoms with Gasteiger partial charge < -0.3 is 15.0 Å². The maximum absolute atomic E-state index is 9.61. The smallest absolute Gasteiger partial charge is 0.0903 e. The van der Waals surface area contributed by atoms with Gasteiger partial charge in [0.15, 0.2) is 0 Å². The summed E-state index contributed by atoms with van der Waals surface area (Å²) in [6.07, 6.45) is 6.85. The number of ether oxygens (including phenoxy) is 1. The molecule has 2 aliphatic heterocycles. The van der Waals surface area contributed by atoms with E-state index in [2.05, 4.69) is 45.5 Å². The number of morpholine rings is 1. The van der Waals surface area contributed by atoms with Crippen LogP contribution >= 0.6 is 23.2 Å². The predicted octanol–water partition coefficient (Wildman–Crippen LogP) is 5.84. The van der Waals surface area contributed by atoms with E-state index in [-0.39, 0.29) is 11.5 Å². The first kappa shape index (κ1) is 22.8. The molecule has 2 saturated heterocycles. The highest BCUT2D eigenvalue weighted by Gasteiger charge is 2.44. The van der Waals surface area contributed by atoms with Crippen LogP contribution in [0.25, 0.3) is 22.3 Å². The van der Waals surface area contributed by atoms with Gasteiger partial charge in [0, 0.05) is 59.2 Å². The number of halogens is 2. The lowest BCUT2D eigenvalue weighted by Gasteiger charge is -2.43. The second-order valence-corrected chi connectivity index (χ2v) is 10.6. The molecular formula is C28H26Cl2N4O. The van der Waals surface area contributed by atoms with E-state index in [0.717, 1.165) is 79.0 Å². The Kier molecular flexibility index (Phi) is 5.94. The zero-order chi connectivity index (χ0) is 24.0. The zero-order valence-corrected chi connectivity index (χ0v) is 20.8. The molecule has 3 aromatic rings. The number of nitrogens with zero attached hydrogens (tertiary/aromatic N) is 3. The Hall–Kier alpha value is -2.62. The molecule has 1 aromatic heterocycles. The fourth-order valence-electron chi connectivity index (χ4n) is 5.46. The second-order valence-electron chi connectivity index (χ2n) is 9.72. The average Bonchev–Trinajstić information content (AvgIpc) is 3.69. The maximum Gasteiger partial charge on any atom is 0.0903 e. The normalized spacial score (nSPS) is 22.8. The Balaban J connectivity index is 1.45. The number of hydrogen-bond donors (Lipinski definition) is 1. The molecule has 2 atom stereocenters. The van der Waals surface area contributed by atoms with Gasteiger partial charge in [0.1, 0.15) is 0 Å². The van der Waals surface area contributed by atoms with Gasteiger partial charge in [-0.25, -0.2) is 0 Å². The molecule has 6 rings (SSSR count). The molecule has 3 aliphatic rings. The van der Waals surface area contributed by atoms with Gasteiger partial charge in [-0.1, -0.05) is 47.5 Å². The summed E-state index contributed by atoms with van der Waals surface area (Å²) in [5.74, 6) is 0. The number of rotatable bonds is 4. The van der Waals surface area contributed by atoms with Crippen molar-refractivity contribution in [2.45, 2.75) is 36.8 Å². The van der Waals surface area contributed by atoms with Crippen LogP contribution in [-0.2, 0) is 10.2 Å². The van der Waals surface area contributed by atoms with Crippen molar-refractivity contribution in [3.63, 3.8) is 0 Å². The Bertz CT molecular complexity index is 1280. The summed E-state index contributed by atoms with van der Waals surface area (Å²) in [4.78, 5) is 7.04. The molecule has 178 valence electrons. The van der Waals surface area contributed by atoms with Gasteiger partial charge in [-0.05, 0) is 54.2 Å². The second kappa shape index (κ2) is 9.11. The van der Waals surface area contributed by atoms with Crippen molar-refractivity contribution in [3.05, 3.63) is 70.5 Å². The third-order valence-electron chi connectivity index (χ3n) is 7.52. The van der Waals surface area contributed by atoms with Crippen molar-refractivity contribution >= 4 is 28.9 Å². The van der Waals surface area contributed by atoms with Gasteiger partial charge in [0.25, 0.3) is 0 Å². The third-order valence-corrected chi connectivity index (χ3v) is 7.96. The monoisotopic (exact) mass is 504 g/mol. The SMILES string of the molecule is N#CC1(c2ccc(-c3cncc(-c4cc(Cl)cc(Cl)c4)c3N3CC[C@@H]4NCCO[C@H]4C3)cc2)CC1. The number of pyridine rings is 1. The highest BCUT2D eigenvalue weighted by atomic mass is 35.5. The molecule has 1 saturated carbocycles. The Labute approximate surface area is 215 Å². The topological polar surface area (TPSA) is 61.2 Å². The number of piperidine rings is 1. The van der Waals surface area contributed by atoms with Crippen LogP contribution in [0.3, 0.4) is 0 Å². The van der Waals surface area contributed by atoms with E-state index in [1.165, 1.54) is 0 Å². The van der Waals surface area contributed by atoms with E-state index >= 15 is 0 Å². The lowest BCUT2D eigenvalue weighted by molar-refractivity contribution is -0.00899. The van der Waals surface area contributed by atoms with E-state index in [4.69, 9.17) is 27.9 Å². The Morgan fingerprint density at radius 2 is 1.74 bits per heavy atom. The minimum absolute atomic E-state index is 0.141. The lowest BCUT2D eigenvalue weighted by atomic mass is 9.92. The molecule has 5 nitrogen and oxygen atoms in total. The number of hydrogen-bond acceptors (Lipinski definition) is 5. The summed E-state index contributed by atoms with van der Waals surface area (Å²) < 4.78 is 6.14. The number of fused-ring (bicyclic) bond motifs is 1. The van der Waals surface area contributed by atoms with Crippen molar-refractivity contribution in [1.29, 1.82) is 5.26 Å². The largest absolute Gasteiger partial charge is 0.373 e. The third kappa shape index (κ3) is 4.30. The van der Waals surface area contributed by atoms with Crippen LogP contribution in [0.1, 0.15) is 24.8 Å². The summed E-state index contributed by atoms with van der Waals surface area (Å²) in [7, 11) is 0. The van der Waals surface area contributed by atoms with Crippen LogP contribution in [0.15, 0.2) is 54.9 Å². The molecule has 7 heteroatoms. The minimum atomic E-state index is -0.299. The summed E-state index contributed by atoms with van der Waals surface area (Å²) >= 11 is 12.8. The molecule has 3 heterocycles. The zero-order valence-electron chi connectivity index (χ0n) is 19.3. The number of aromatic nitrogens is 1. The first-order chi connectivity index (χ1) is 17.1. The molecule has 0 bridgehead atoms. The molecule has 0 spiro atoms. The van der Waals surface area contributed by atoms with Crippen LogP contribution in [0.5, 0.6) is 0 Å². The van der Waals surface area contributed by atoms with E-state index < -0.39 is 0 Å². The van der Waals surface area contributed by atoms with Crippen molar-refractivity contribution in [2.24, 2.45) is 0 Å². The quantitative estimate of drug-likeness (QED) is 0.483. The minimum Gasteiger partial charge on any atom is -0.373 e. The summed E-state index contributed by atoms with van der Waals surface area (Å²) in [5, 5.41) is 14.4. The Morgan fingerprint density at radius 3 is 2.43 bits per heavy atom. The van der Waals surface area contributed by atoms with E-state index in [1.807, 2.05) is 24.5 Å². The van der Waals surface area contributed by atoms with Gasteiger partial charge in [-0.3, -0.25) is 4.98 Å². The van der Waals surface area contributed by atoms with E-state index in [9.17, 15) is 5.26 Å². The van der Waals surface area contributed by atoms with Crippen molar-refractivity contribution < 1.29 is 4.74 Å². The molecule has 3 fully saturated rings. The van der Waals surface area contributed by atoms with Crippen molar-refractivity contribution in [1.82, 2.24) is 10.3 Å². The van der Waals surface area contributed by atoms with Gasteiger partial charge in [0.05, 0.1) is 29.9 Å². The van der Waals surface area contributed by atoms with Crippen LogP contribution in [0.2, 0.25) is 10.0 Å². The van der Waals surface area contributed by atoms with Gasteiger partial charge in [-0.15, -0.1) is 0 Å². The van der Waals surface area contributed by atoms with Crippen molar-refractivity contribution in [2.75, 3.05) is 31.1 Å². The lowest BCUT2D eigenvalue weighted by Crippen LogP contribution is -2.57. The molecule has 0 amide bonds. The number of nitriles is 1. The first-order valence-corrected chi connectivity index (χ1v) is 12.9. The van der Waals surface area contributed by atoms with Gasteiger partial charge >= 0.3 is 0 Å². The average molecular weight is 505 g/mol. The molecule has 2 aromatic carbocycles. The summed E-state index contributed by atoms with van der Waals surface area (Å²) in [6.45, 7) is 3.35. The predicted molar refractivity (Wildman–Crippen MR) is 140 cm³/mol. The molecular weight excluding hydrogens is 479 g/mol. The highest BCUT2D eigenvalue weighted by molar-refractivity contribution is 6.35. The number of benzene rings is 2.